The lowest BCUT2D eigenvalue weighted by atomic mass is 9.98. The van der Waals surface area contributed by atoms with Crippen molar-refractivity contribution < 1.29 is 69.8 Å². The second kappa shape index (κ2) is 7.95. The van der Waals surface area contributed by atoms with Crippen LogP contribution in [0, 0.1) is 0 Å². The van der Waals surface area contributed by atoms with Gasteiger partial charge < -0.3 is 39.9 Å². The third kappa shape index (κ3) is 4.85. The molecule has 2 bridgehead atoms. The Bertz CT molecular complexity index is 1110. The van der Waals surface area contributed by atoms with E-state index in [1.807, 2.05) is 0 Å². The molecule has 7 N–H and O–H groups in total. The molecule has 0 aromatic carbocycles. The van der Waals surface area contributed by atoms with Crippen molar-refractivity contribution in [3.63, 3.8) is 0 Å². The standard InChI is InChI=1S/C10H14F2N3O14P3/c11-10(12)9(3-25-31(21,22)29-32(23,24)28-30(18,19)20)6(16)5(26-10)7(27-9)15-2-1-4(13)14-8(15)17/h1-2,5-7,16H,3H2,(H,21,22)(H,23,24)(H2,13,14,17)(H2,18,19,20)/t5-,6+,7-,9-/m1/s1. The largest absolute Gasteiger partial charge is 0.490 e. The summed E-state index contributed by atoms with van der Waals surface area (Å²) in [4.78, 5) is 50.8. The average molecular weight is 531 g/mol. The van der Waals surface area contributed by atoms with Gasteiger partial charge in [0.25, 0.3) is 0 Å². The molecule has 0 radical (unpaired) electrons. The van der Waals surface area contributed by atoms with Gasteiger partial charge in [0.2, 0.25) is 5.60 Å². The normalized spacial score (nSPS) is 33.0. The molecule has 2 aliphatic rings. The number of halogens is 2. The summed E-state index contributed by atoms with van der Waals surface area (Å²) in [5, 5.41) is 10.3. The molecule has 2 aliphatic heterocycles. The van der Waals surface area contributed by atoms with Gasteiger partial charge in [0.1, 0.15) is 18.0 Å². The number of nitrogen functional groups attached to an aromatic ring is 1. The van der Waals surface area contributed by atoms with Crippen LogP contribution in [0.5, 0.6) is 0 Å². The predicted octanol–water partition coefficient (Wildman–Crippen LogP) is -1.21. The molecule has 0 saturated carbocycles. The Morgan fingerprint density at radius 1 is 1.16 bits per heavy atom. The number of phosphoric ester groups is 1. The van der Waals surface area contributed by atoms with Crippen molar-refractivity contribution in [3.8, 4) is 0 Å². The second-order valence-corrected chi connectivity index (χ2v) is 10.8. The van der Waals surface area contributed by atoms with Crippen molar-refractivity contribution in [2.75, 3.05) is 12.3 Å². The molecule has 0 amide bonds. The van der Waals surface area contributed by atoms with Crippen LogP contribution in [0.4, 0.5) is 14.6 Å². The quantitative estimate of drug-likeness (QED) is 0.215. The Labute approximate surface area is 174 Å². The maximum Gasteiger partial charge on any atom is 0.490 e. The Balaban J connectivity index is 1.83. The highest BCUT2D eigenvalue weighted by Crippen LogP contribution is 2.67. The van der Waals surface area contributed by atoms with Gasteiger partial charge >= 0.3 is 35.3 Å². The first-order valence-electron chi connectivity index (χ1n) is 7.93. The van der Waals surface area contributed by atoms with E-state index in [1.54, 1.807) is 0 Å². The lowest BCUT2D eigenvalue weighted by Gasteiger charge is -2.36. The van der Waals surface area contributed by atoms with Gasteiger partial charge in [-0.1, -0.05) is 0 Å². The fourth-order valence-corrected chi connectivity index (χ4v) is 5.98. The minimum Gasteiger partial charge on any atom is -0.387 e. The van der Waals surface area contributed by atoms with Crippen molar-refractivity contribution >= 4 is 29.3 Å². The number of hydrogen-bond acceptors (Lipinski definition) is 12. The molecule has 22 heteroatoms. The van der Waals surface area contributed by atoms with Gasteiger partial charge in [-0.05, 0) is 6.07 Å². The fourth-order valence-electron chi connectivity index (χ4n) is 2.93. The highest BCUT2D eigenvalue weighted by atomic mass is 31.3. The Morgan fingerprint density at radius 3 is 2.34 bits per heavy atom. The van der Waals surface area contributed by atoms with Crippen molar-refractivity contribution in [3.05, 3.63) is 22.7 Å². The molecule has 1 aromatic rings. The number of fused-ring (bicyclic) bond motifs is 2. The topological polar surface area (TPSA) is 259 Å². The first-order chi connectivity index (χ1) is 14.4. The van der Waals surface area contributed by atoms with E-state index >= 15 is 0 Å². The van der Waals surface area contributed by atoms with Crippen LogP contribution < -0.4 is 11.4 Å². The van der Waals surface area contributed by atoms with Crippen LogP contribution in [0.1, 0.15) is 6.23 Å². The molecule has 0 spiro atoms. The van der Waals surface area contributed by atoms with Crippen LogP contribution >= 0.6 is 23.5 Å². The van der Waals surface area contributed by atoms with Crippen molar-refractivity contribution in [1.29, 1.82) is 0 Å². The molecule has 182 valence electrons. The van der Waals surface area contributed by atoms with Gasteiger partial charge in [-0.25, -0.2) is 18.5 Å². The Morgan fingerprint density at radius 2 is 1.78 bits per heavy atom. The van der Waals surface area contributed by atoms with E-state index in [0.717, 1.165) is 12.3 Å². The van der Waals surface area contributed by atoms with E-state index in [0.29, 0.717) is 4.57 Å². The summed E-state index contributed by atoms with van der Waals surface area (Å²) in [6.07, 6.45) is -9.30. The summed E-state index contributed by atoms with van der Waals surface area (Å²) in [5.41, 5.74) is 1.02. The number of phosphoric acid groups is 3. The summed E-state index contributed by atoms with van der Waals surface area (Å²) >= 11 is 0. The highest BCUT2D eigenvalue weighted by Gasteiger charge is 2.77. The number of nitrogens with two attached hydrogens (primary N) is 1. The van der Waals surface area contributed by atoms with Gasteiger partial charge in [-0.3, -0.25) is 9.09 Å². The zero-order valence-corrected chi connectivity index (χ0v) is 17.8. The number of anilines is 1. The number of alkyl halides is 2. The monoisotopic (exact) mass is 531 g/mol. The Kier molecular flexibility index (Phi) is 6.33. The van der Waals surface area contributed by atoms with Gasteiger partial charge in [0, 0.05) is 6.20 Å². The van der Waals surface area contributed by atoms with E-state index in [1.165, 1.54) is 0 Å². The van der Waals surface area contributed by atoms with E-state index in [-0.39, 0.29) is 5.82 Å². The van der Waals surface area contributed by atoms with Crippen molar-refractivity contribution in [1.82, 2.24) is 9.55 Å². The van der Waals surface area contributed by atoms with Crippen molar-refractivity contribution in [2.24, 2.45) is 0 Å². The third-order valence-corrected chi connectivity index (χ3v) is 7.94. The number of aliphatic hydroxyl groups excluding tert-OH is 1. The molecule has 0 aliphatic carbocycles. The minimum absolute atomic E-state index is 0.219. The fraction of sp³-hybridized carbons (Fsp3) is 0.600. The van der Waals surface area contributed by atoms with Gasteiger partial charge in [-0.2, -0.15) is 22.4 Å². The number of hydrogen-bond donors (Lipinski definition) is 6. The SMILES string of the molecule is Nc1ccn([C@@H]2O[C@]3(COP(=O)(O)OP(=O)(O)OP(=O)(O)O)[C@@H](O)[C@H]2OC3(F)F)c(=O)n1. The number of rotatable bonds is 8. The summed E-state index contributed by atoms with van der Waals surface area (Å²) in [7, 11) is -17.4. The summed E-state index contributed by atoms with van der Waals surface area (Å²) < 4.78 is 83.7. The van der Waals surface area contributed by atoms with Gasteiger partial charge in [-0.15, -0.1) is 0 Å². The average Bonchev–Trinajstić information content (AvgIpc) is 2.93. The van der Waals surface area contributed by atoms with Gasteiger partial charge in [0.15, 0.2) is 6.23 Å². The molecule has 2 saturated heterocycles. The van der Waals surface area contributed by atoms with E-state index in [4.69, 9.17) is 25.2 Å². The summed E-state index contributed by atoms with van der Waals surface area (Å²) in [6.45, 7) is -1.73. The molecule has 32 heavy (non-hydrogen) atoms. The Hall–Kier alpha value is -1.17. The zero-order valence-electron chi connectivity index (χ0n) is 15.1. The lowest BCUT2D eigenvalue weighted by Crippen LogP contribution is -2.56. The van der Waals surface area contributed by atoms with Crippen LogP contribution in [0.25, 0.3) is 0 Å². The highest BCUT2D eigenvalue weighted by molar-refractivity contribution is 7.66. The molecular formula is C10H14F2N3O14P3. The van der Waals surface area contributed by atoms with E-state index < -0.39 is 65.9 Å². The third-order valence-electron chi connectivity index (χ3n) is 4.16. The predicted molar refractivity (Wildman–Crippen MR) is 91.4 cm³/mol. The molecule has 3 heterocycles. The number of aliphatic hydroxyl groups is 1. The molecule has 1 aromatic heterocycles. The number of aromatic nitrogens is 2. The summed E-state index contributed by atoms with van der Waals surface area (Å²) in [5.74, 6) is -0.219. The maximum absolute atomic E-state index is 14.4. The number of ether oxygens (including phenoxy) is 2. The molecule has 2 unspecified atom stereocenters. The molecule has 2 fully saturated rings. The first kappa shape index (κ1) is 25.5. The maximum atomic E-state index is 14.4. The molecular weight excluding hydrogens is 517 g/mol. The van der Waals surface area contributed by atoms with Crippen LogP contribution in [0.3, 0.4) is 0 Å². The smallest absolute Gasteiger partial charge is 0.387 e. The zero-order chi connectivity index (χ0) is 24.3. The van der Waals surface area contributed by atoms with E-state index in [9.17, 15) is 37.3 Å². The first-order valence-corrected chi connectivity index (χ1v) is 12.4. The van der Waals surface area contributed by atoms with Crippen LogP contribution in [0.2, 0.25) is 0 Å². The minimum atomic E-state index is -5.92. The van der Waals surface area contributed by atoms with E-state index in [2.05, 4.69) is 22.9 Å². The molecule has 17 nitrogen and oxygen atoms in total. The number of nitrogens with zero attached hydrogens (tertiary/aromatic N) is 2. The van der Waals surface area contributed by atoms with Crippen LogP contribution in [-0.2, 0) is 36.3 Å². The van der Waals surface area contributed by atoms with Gasteiger partial charge in [0.05, 0.1) is 6.61 Å². The second-order valence-electron chi connectivity index (χ2n) is 6.35. The van der Waals surface area contributed by atoms with Crippen LogP contribution in [-0.4, -0.2) is 64.8 Å². The summed E-state index contributed by atoms with van der Waals surface area (Å²) in [6, 6.07) is 1.10. The van der Waals surface area contributed by atoms with Crippen LogP contribution in [0.15, 0.2) is 17.1 Å². The molecule has 6 atom stereocenters. The van der Waals surface area contributed by atoms with Crippen molar-refractivity contribution in [2.45, 2.75) is 30.1 Å². The lowest BCUT2D eigenvalue weighted by molar-refractivity contribution is -0.370. The molecule has 3 rings (SSSR count).